The summed E-state index contributed by atoms with van der Waals surface area (Å²) in [5, 5.41) is 0. The molecule has 6 unspecified atom stereocenters. The first-order valence-electron chi connectivity index (χ1n) is 10.5. The zero-order valence-electron chi connectivity index (χ0n) is 16.1. The van der Waals surface area contributed by atoms with Crippen molar-refractivity contribution >= 4 is 0 Å². The van der Waals surface area contributed by atoms with Crippen molar-refractivity contribution in [1.29, 1.82) is 0 Å². The van der Waals surface area contributed by atoms with Crippen LogP contribution in [0, 0.1) is 23.2 Å². The molecule has 1 aliphatic heterocycles. The maximum Gasteiger partial charge on any atom is 0.0920 e. The molecule has 0 amide bonds. The molecule has 4 aliphatic rings. The van der Waals surface area contributed by atoms with E-state index in [1.165, 1.54) is 44.9 Å². The van der Waals surface area contributed by atoms with Gasteiger partial charge in [-0.15, -0.1) is 0 Å². The summed E-state index contributed by atoms with van der Waals surface area (Å²) in [6, 6.07) is 0. The van der Waals surface area contributed by atoms with E-state index in [2.05, 4.69) is 13.8 Å². The molecule has 4 fully saturated rings. The van der Waals surface area contributed by atoms with Crippen molar-refractivity contribution in [2.24, 2.45) is 23.2 Å². The molecule has 4 nitrogen and oxygen atoms in total. The maximum absolute atomic E-state index is 5.82. The molecule has 1 heterocycles. The van der Waals surface area contributed by atoms with Crippen LogP contribution in [0.15, 0.2) is 0 Å². The van der Waals surface area contributed by atoms with E-state index < -0.39 is 0 Å². The van der Waals surface area contributed by atoms with Gasteiger partial charge in [-0.3, -0.25) is 0 Å². The van der Waals surface area contributed by atoms with Crippen molar-refractivity contribution in [2.45, 2.75) is 70.5 Å². The normalized spacial score (nSPS) is 44.9. The molecule has 0 aromatic heterocycles. The Morgan fingerprint density at radius 3 is 2.16 bits per heavy atom. The zero-order valence-corrected chi connectivity index (χ0v) is 16.1. The number of hydrogen-bond acceptors (Lipinski definition) is 4. The van der Waals surface area contributed by atoms with Gasteiger partial charge in [0.25, 0.3) is 0 Å². The van der Waals surface area contributed by atoms with Gasteiger partial charge < -0.3 is 18.9 Å². The zero-order chi connectivity index (χ0) is 17.3. The monoisotopic (exact) mass is 352 g/mol. The topological polar surface area (TPSA) is 40.2 Å². The van der Waals surface area contributed by atoms with Crippen molar-refractivity contribution in [3.05, 3.63) is 0 Å². The molecule has 1 saturated heterocycles. The second-order valence-corrected chi connectivity index (χ2v) is 9.52. The van der Waals surface area contributed by atoms with E-state index in [1.54, 1.807) is 0 Å². The summed E-state index contributed by atoms with van der Waals surface area (Å²) in [7, 11) is 0. The molecule has 0 spiro atoms. The molecule has 0 aromatic rings. The molecule has 0 radical (unpaired) electrons. The van der Waals surface area contributed by atoms with Crippen LogP contribution in [-0.2, 0) is 18.9 Å². The Kier molecular flexibility index (Phi) is 5.43. The van der Waals surface area contributed by atoms with Gasteiger partial charge in [0, 0.05) is 13.2 Å². The number of epoxide rings is 1. The minimum absolute atomic E-state index is 0.218. The van der Waals surface area contributed by atoms with Gasteiger partial charge in [0.2, 0.25) is 0 Å². The first kappa shape index (κ1) is 18.2. The van der Waals surface area contributed by atoms with Crippen molar-refractivity contribution in [3.63, 3.8) is 0 Å². The van der Waals surface area contributed by atoms with E-state index in [4.69, 9.17) is 18.9 Å². The molecule has 0 N–H and O–H groups in total. The van der Waals surface area contributed by atoms with Gasteiger partial charge >= 0.3 is 0 Å². The number of fused-ring (bicyclic) bond motifs is 2. The van der Waals surface area contributed by atoms with Crippen LogP contribution in [0.3, 0.4) is 0 Å². The summed E-state index contributed by atoms with van der Waals surface area (Å²) in [5.41, 5.74) is 0.929. The van der Waals surface area contributed by atoms with Gasteiger partial charge in [-0.25, -0.2) is 0 Å². The number of ether oxygens (including phenoxy) is 4. The van der Waals surface area contributed by atoms with E-state index in [1.807, 2.05) is 0 Å². The highest BCUT2D eigenvalue weighted by molar-refractivity contribution is 5.03. The quantitative estimate of drug-likeness (QED) is 0.443. The molecule has 4 heteroatoms. The third-order valence-corrected chi connectivity index (χ3v) is 7.36. The lowest BCUT2D eigenvalue weighted by molar-refractivity contribution is -0.00402. The molecular weight excluding hydrogens is 316 g/mol. The summed E-state index contributed by atoms with van der Waals surface area (Å²) in [4.78, 5) is 0. The summed E-state index contributed by atoms with van der Waals surface area (Å²) >= 11 is 0. The van der Waals surface area contributed by atoms with Gasteiger partial charge in [-0.1, -0.05) is 6.92 Å². The maximum atomic E-state index is 5.82. The minimum atomic E-state index is 0.218. The molecule has 3 saturated carbocycles. The third kappa shape index (κ3) is 4.58. The highest BCUT2D eigenvalue weighted by Crippen LogP contribution is 2.62. The van der Waals surface area contributed by atoms with Crippen LogP contribution in [0.25, 0.3) is 0 Å². The second kappa shape index (κ2) is 7.46. The fourth-order valence-corrected chi connectivity index (χ4v) is 5.09. The van der Waals surface area contributed by atoms with Crippen LogP contribution in [0.2, 0.25) is 0 Å². The lowest BCUT2D eigenvalue weighted by Crippen LogP contribution is -2.24. The number of rotatable bonds is 10. The Hall–Kier alpha value is -0.160. The average Bonchev–Trinajstić information content (AvgIpc) is 3.46. The Bertz CT molecular complexity index is 415. The largest absolute Gasteiger partial charge is 0.379 e. The predicted octanol–water partition coefficient (Wildman–Crippen LogP) is 3.82. The molecule has 0 bridgehead atoms. The Balaban J connectivity index is 0.939. The predicted molar refractivity (Wildman–Crippen MR) is 96.6 cm³/mol. The Labute approximate surface area is 152 Å². The van der Waals surface area contributed by atoms with Crippen LogP contribution in [-0.4, -0.2) is 51.3 Å². The molecule has 3 aliphatic carbocycles. The average molecular weight is 353 g/mol. The lowest BCUT2D eigenvalue weighted by atomic mass is 9.83. The summed E-state index contributed by atoms with van der Waals surface area (Å²) in [5.74, 6) is 2.46. The van der Waals surface area contributed by atoms with Crippen molar-refractivity contribution in [2.75, 3.05) is 39.6 Å². The third-order valence-electron chi connectivity index (χ3n) is 7.36. The molecule has 0 aromatic carbocycles. The van der Waals surface area contributed by atoms with E-state index >= 15 is 0 Å². The minimum Gasteiger partial charge on any atom is -0.379 e. The Morgan fingerprint density at radius 2 is 1.48 bits per heavy atom. The van der Waals surface area contributed by atoms with E-state index in [9.17, 15) is 0 Å². The van der Waals surface area contributed by atoms with Gasteiger partial charge in [0.1, 0.15) is 0 Å². The van der Waals surface area contributed by atoms with Gasteiger partial charge in [0.15, 0.2) is 0 Å². The lowest BCUT2D eigenvalue weighted by Gasteiger charge is -2.25. The number of hydrogen-bond donors (Lipinski definition) is 0. The fraction of sp³-hybridized carbons (Fsp3) is 1.00. The van der Waals surface area contributed by atoms with Crippen LogP contribution in [0.4, 0.5) is 0 Å². The van der Waals surface area contributed by atoms with E-state index in [0.29, 0.717) is 37.3 Å². The van der Waals surface area contributed by atoms with Crippen molar-refractivity contribution in [3.8, 4) is 0 Å². The van der Waals surface area contributed by atoms with Crippen molar-refractivity contribution in [1.82, 2.24) is 0 Å². The van der Waals surface area contributed by atoms with Gasteiger partial charge in [-0.05, 0) is 75.0 Å². The van der Waals surface area contributed by atoms with E-state index in [-0.39, 0.29) is 5.60 Å². The smallest absolute Gasteiger partial charge is 0.0920 e. The standard InChI is InChI=1S/C21H36O4/c1-20-5-3-16(11-18(20)13-20)14-23-9-7-22-8-10-24-15-17-4-6-21(2)19(12-17)25-21/h16-19H,3-15H2,1-2H3. The molecule has 4 rings (SSSR count). The molecule has 25 heavy (non-hydrogen) atoms. The molecular formula is C21H36O4. The Morgan fingerprint density at radius 1 is 0.840 bits per heavy atom. The highest BCUT2D eigenvalue weighted by Gasteiger charge is 2.55. The van der Waals surface area contributed by atoms with Gasteiger partial charge in [0.05, 0.1) is 38.1 Å². The summed E-state index contributed by atoms with van der Waals surface area (Å²) in [6.45, 7) is 9.26. The highest BCUT2D eigenvalue weighted by atomic mass is 16.6. The first-order chi connectivity index (χ1) is 12.1. The fourth-order valence-electron chi connectivity index (χ4n) is 5.09. The SMILES string of the molecule is CC12CCC(COCCOCCOCC3CCC4(C)OC4C3)CC1C2. The van der Waals surface area contributed by atoms with Crippen LogP contribution in [0.1, 0.15) is 58.8 Å². The van der Waals surface area contributed by atoms with Crippen LogP contribution >= 0.6 is 0 Å². The van der Waals surface area contributed by atoms with Crippen molar-refractivity contribution < 1.29 is 18.9 Å². The van der Waals surface area contributed by atoms with Crippen LogP contribution < -0.4 is 0 Å². The second-order valence-electron chi connectivity index (χ2n) is 9.52. The first-order valence-corrected chi connectivity index (χ1v) is 10.5. The summed E-state index contributed by atoms with van der Waals surface area (Å²) < 4.78 is 23.0. The van der Waals surface area contributed by atoms with E-state index in [0.717, 1.165) is 31.7 Å². The molecule has 6 atom stereocenters. The van der Waals surface area contributed by atoms with Gasteiger partial charge in [-0.2, -0.15) is 0 Å². The summed E-state index contributed by atoms with van der Waals surface area (Å²) in [6.07, 6.45) is 9.72. The molecule has 144 valence electrons. The van der Waals surface area contributed by atoms with Crippen LogP contribution in [0.5, 0.6) is 0 Å².